The van der Waals surface area contributed by atoms with Gasteiger partial charge in [0.25, 0.3) is 0 Å². The average Bonchev–Trinajstić information content (AvgIpc) is 2.39. The summed E-state index contributed by atoms with van der Waals surface area (Å²) in [7, 11) is 0. The number of allylic oxidation sites excluding steroid dienone is 1. The minimum Gasteiger partial charge on any atom is -0.0905 e. The molecule has 0 fully saturated rings. The summed E-state index contributed by atoms with van der Waals surface area (Å²) in [6, 6.07) is 18.7. The molecule has 2 aromatic carbocycles. The summed E-state index contributed by atoms with van der Waals surface area (Å²) in [4.78, 5) is 0. The summed E-state index contributed by atoms with van der Waals surface area (Å²) in [6.45, 7) is 8.46. The Hall–Kier alpha value is -2.08. The van der Waals surface area contributed by atoms with Gasteiger partial charge in [0.1, 0.15) is 0 Å². The first kappa shape index (κ1) is 12.4. The molecule has 0 spiro atoms. The van der Waals surface area contributed by atoms with E-state index in [0.29, 0.717) is 0 Å². The molecule has 0 heteroatoms. The van der Waals surface area contributed by atoms with E-state index < -0.39 is 0 Å². The fourth-order valence-corrected chi connectivity index (χ4v) is 2.00. The lowest BCUT2D eigenvalue weighted by atomic mass is 9.94. The van der Waals surface area contributed by atoms with E-state index in [9.17, 15) is 0 Å². The monoisotopic (exact) mass is 234 g/mol. The Balaban J connectivity index is 2.46. The summed E-state index contributed by atoms with van der Waals surface area (Å²) in [6.07, 6.45) is 2.20. The Labute approximate surface area is 109 Å². The molecule has 0 aliphatic heterocycles. The van der Waals surface area contributed by atoms with E-state index in [0.717, 1.165) is 5.57 Å². The van der Waals surface area contributed by atoms with Crippen LogP contribution in [0.1, 0.15) is 30.5 Å². The minimum atomic E-state index is 1.07. The zero-order chi connectivity index (χ0) is 13.0. The second-order valence-corrected chi connectivity index (χ2v) is 4.65. The fourth-order valence-electron chi connectivity index (χ4n) is 2.00. The van der Waals surface area contributed by atoms with Gasteiger partial charge in [0.05, 0.1) is 0 Å². The molecule has 0 saturated heterocycles. The highest BCUT2D eigenvalue weighted by atomic mass is 14.1. The maximum atomic E-state index is 4.23. The van der Waals surface area contributed by atoms with Gasteiger partial charge in [-0.3, -0.25) is 0 Å². The van der Waals surface area contributed by atoms with Crippen molar-refractivity contribution in [1.82, 2.24) is 0 Å². The Kier molecular flexibility index (Phi) is 3.78. The third-order valence-electron chi connectivity index (χ3n) is 2.85. The van der Waals surface area contributed by atoms with E-state index in [1.807, 2.05) is 18.2 Å². The molecule has 0 atom stereocenters. The third kappa shape index (κ3) is 2.78. The van der Waals surface area contributed by atoms with Crippen LogP contribution >= 0.6 is 0 Å². The molecule has 0 aliphatic carbocycles. The van der Waals surface area contributed by atoms with Crippen LogP contribution in [-0.2, 0) is 0 Å². The second-order valence-electron chi connectivity index (χ2n) is 4.65. The molecule has 0 aromatic heterocycles. The standard InChI is InChI=1S/C18H18/c1-14(2)13-17-11-7-8-12-18(17)15(3)16-9-5-4-6-10-16/h4-13H,3H2,1-2H3. The zero-order valence-electron chi connectivity index (χ0n) is 11.0. The summed E-state index contributed by atoms with van der Waals surface area (Å²) >= 11 is 0. The Bertz CT molecular complexity index is 570. The quantitative estimate of drug-likeness (QED) is 0.687. The Morgan fingerprint density at radius 1 is 0.889 bits per heavy atom. The van der Waals surface area contributed by atoms with Crippen LogP contribution in [0.15, 0.2) is 66.7 Å². The van der Waals surface area contributed by atoms with Crippen molar-refractivity contribution in [3.05, 3.63) is 83.4 Å². The van der Waals surface area contributed by atoms with Crippen LogP contribution in [0.4, 0.5) is 0 Å². The molecule has 0 bridgehead atoms. The van der Waals surface area contributed by atoms with Crippen LogP contribution in [-0.4, -0.2) is 0 Å². The van der Waals surface area contributed by atoms with Crippen LogP contribution in [0, 0.1) is 0 Å². The van der Waals surface area contributed by atoms with Gasteiger partial charge in [-0.05, 0) is 36.1 Å². The molecule has 0 amide bonds. The molecule has 0 aliphatic rings. The predicted molar refractivity (Wildman–Crippen MR) is 80.3 cm³/mol. The number of hydrogen-bond acceptors (Lipinski definition) is 0. The first-order chi connectivity index (χ1) is 8.68. The van der Waals surface area contributed by atoms with E-state index in [4.69, 9.17) is 0 Å². The van der Waals surface area contributed by atoms with Gasteiger partial charge in [-0.1, -0.05) is 72.8 Å². The van der Waals surface area contributed by atoms with Crippen molar-refractivity contribution in [3.63, 3.8) is 0 Å². The SMILES string of the molecule is C=C(c1ccccc1)c1ccccc1C=C(C)C. The number of benzene rings is 2. The number of hydrogen-bond donors (Lipinski definition) is 0. The highest BCUT2D eigenvalue weighted by Gasteiger charge is 2.05. The van der Waals surface area contributed by atoms with Crippen molar-refractivity contribution in [2.75, 3.05) is 0 Å². The molecule has 18 heavy (non-hydrogen) atoms. The highest BCUT2D eigenvalue weighted by molar-refractivity contribution is 5.83. The van der Waals surface area contributed by atoms with Gasteiger partial charge in [-0.25, -0.2) is 0 Å². The molecule has 0 unspecified atom stereocenters. The van der Waals surface area contributed by atoms with Crippen LogP contribution in [0.2, 0.25) is 0 Å². The maximum absolute atomic E-state index is 4.23. The fraction of sp³-hybridized carbons (Fsp3) is 0.111. The molecular formula is C18H18. The lowest BCUT2D eigenvalue weighted by molar-refractivity contribution is 1.41. The van der Waals surface area contributed by atoms with E-state index in [1.165, 1.54) is 22.3 Å². The van der Waals surface area contributed by atoms with Gasteiger partial charge >= 0.3 is 0 Å². The summed E-state index contributed by atoms with van der Waals surface area (Å²) in [5.74, 6) is 0. The van der Waals surface area contributed by atoms with E-state index >= 15 is 0 Å². The van der Waals surface area contributed by atoms with Gasteiger partial charge in [0, 0.05) is 0 Å². The highest BCUT2D eigenvalue weighted by Crippen LogP contribution is 2.25. The Morgan fingerprint density at radius 3 is 2.17 bits per heavy atom. The normalized spacial score (nSPS) is 9.89. The van der Waals surface area contributed by atoms with Gasteiger partial charge in [-0.15, -0.1) is 0 Å². The van der Waals surface area contributed by atoms with Crippen molar-refractivity contribution in [1.29, 1.82) is 0 Å². The largest absolute Gasteiger partial charge is 0.0905 e. The average molecular weight is 234 g/mol. The minimum absolute atomic E-state index is 1.07. The van der Waals surface area contributed by atoms with E-state index in [1.54, 1.807) is 0 Å². The molecule has 0 heterocycles. The topological polar surface area (TPSA) is 0 Å². The third-order valence-corrected chi connectivity index (χ3v) is 2.85. The molecule has 2 rings (SSSR count). The van der Waals surface area contributed by atoms with Gasteiger partial charge in [0.2, 0.25) is 0 Å². The van der Waals surface area contributed by atoms with Gasteiger partial charge in [-0.2, -0.15) is 0 Å². The molecular weight excluding hydrogens is 216 g/mol. The summed E-state index contributed by atoms with van der Waals surface area (Å²) < 4.78 is 0. The summed E-state index contributed by atoms with van der Waals surface area (Å²) in [5, 5.41) is 0. The van der Waals surface area contributed by atoms with Crippen LogP contribution < -0.4 is 0 Å². The first-order valence-electron chi connectivity index (χ1n) is 6.17. The maximum Gasteiger partial charge on any atom is -0.0111 e. The zero-order valence-corrected chi connectivity index (χ0v) is 11.0. The van der Waals surface area contributed by atoms with Crippen molar-refractivity contribution in [2.45, 2.75) is 13.8 Å². The van der Waals surface area contributed by atoms with Crippen LogP contribution in [0.25, 0.3) is 11.6 Å². The molecule has 2 aromatic rings. The smallest absolute Gasteiger partial charge is 0.0111 e. The molecule has 0 nitrogen and oxygen atoms in total. The first-order valence-corrected chi connectivity index (χ1v) is 6.17. The molecule has 0 saturated carbocycles. The van der Waals surface area contributed by atoms with Crippen molar-refractivity contribution in [3.8, 4) is 0 Å². The summed E-state index contributed by atoms with van der Waals surface area (Å²) in [5.41, 5.74) is 5.97. The van der Waals surface area contributed by atoms with Gasteiger partial charge < -0.3 is 0 Å². The van der Waals surface area contributed by atoms with Crippen LogP contribution in [0.3, 0.4) is 0 Å². The van der Waals surface area contributed by atoms with E-state index in [-0.39, 0.29) is 0 Å². The lowest BCUT2D eigenvalue weighted by Crippen LogP contribution is -1.90. The van der Waals surface area contributed by atoms with E-state index in [2.05, 4.69) is 62.9 Å². The lowest BCUT2D eigenvalue weighted by Gasteiger charge is -2.10. The molecule has 0 N–H and O–H groups in total. The van der Waals surface area contributed by atoms with Gasteiger partial charge in [0.15, 0.2) is 0 Å². The van der Waals surface area contributed by atoms with Crippen molar-refractivity contribution < 1.29 is 0 Å². The predicted octanol–water partition coefficient (Wildman–Crippen LogP) is 5.17. The second kappa shape index (κ2) is 5.50. The Morgan fingerprint density at radius 2 is 1.50 bits per heavy atom. The molecule has 0 radical (unpaired) electrons. The van der Waals surface area contributed by atoms with Crippen LogP contribution in [0.5, 0.6) is 0 Å². The molecule has 90 valence electrons. The number of rotatable bonds is 3. The van der Waals surface area contributed by atoms with Crippen molar-refractivity contribution in [2.24, 2.45) is 0 Å². The van der Waals surface area contributed by atoms with Crippen molar-refractivity contribution >= 4 is 11.6 Å².